The molecule has 0 amide bonds. The Kier molecular flexibility index (Phi) is 2.70. The second kappa shape index (κ2) is 3.83. The summed E-state index contributed by atoms with van der Waals surface area (Å²) in [5, 5.41) is 3.15. The molecule has 2 nitrogen and oxygen atoms in total. The molecule has 2 rings (SSSR count). The summed E-state index contributed by atoms with van der Waals surface area (Å²) >= 11 is 3.50. The molecule has 0 bridgehead atoms. The first-order valence-electron chi connectivity index (χ1n) is 4.72. The van der Waals surface area contributed by atoms with E-state index in [1.165, 1.54) is 0 Å². The maximum Gasteiger partial charge on any atom is 0.176 e. The van der Waals surface area contributed by atoms with Gasteiger partial charge in [-0.3, -0.25) is 4.79 Å². The predicted molar refractivity (Wildman–Crippen MR) is 59.8 cm³/mol. The van der Waals surface area contributed by atoms with Crippen LogP contribution < -0.4 is 5.32 Å². The Balaban J connectivity index is 2.59. The van der Waals surface area contributed by atoms with Crippen molar-refractivity contribution in [3.05, 3.63) is 33.8 Å². The molecule has 1 aliphatic rings. The highest BCUT2D eigenvalue weighted by atomic mass is 79.9. The third-order valence-corrected chi connectivity index (χ3v) is 3.27. The molecule has 0 fully saturated rings. The van der Waals surface area contributed by atoms with Crippen LogP contribution in [0.15, 0.2) is 22.7 Å². The summed E-state index contributed by atoms with van der Waals surface area (Å²) in [6.45, 7) is 3.45. The zero-order chi connectivity index (χ0) is 10.1. The van der Waals surface area contributed by atoms with Gasteiger partial charge < -0.3 is 5.32 Å². The number of carbonyl (C=O) groups excluding carboxylic acids is 1. The standard InChI is InChI=1S/C11H12BrNO/c1-7-5-13-6-10(14)8-3-2-4-9(12)11(7)8/h2-4,7,13H,5-6H2,1H3. The molecule has 0 saturated heterocycles. The highest BCUT2D eigenvalue weighted by Gasteiger charge is 2.21. The topological polar surface area (TPSA) is 29.1 Å². The van der Waals surface area contributed by atoms with Gasteiger partial charge in [-0.15, -0.1) is 0 Å². The van der Waals surface area contributed by atoms with Crippen LogP contribution in [0.1, 0.15) is 28.8 Å². The largest absolute Gasteiger partial charge is 0.309 e. The van der Waals surface area contributed by atoms with Crippen LogP contribution in [-0.2, 0) is 0 Å². The molecule has 0 radical (unpaired) electrons. The normalized spacial score (nSPS) is 21.6. The minimum absolute atomic E-state index is 0.186. The minimum atomic E-state index is 0.186. The molecule has 0 saturated carbocycles. The van der Waals surface area contributed by atoms with Crippen molar-refractivity contribution in [1.29, 1.82) is 0 Å². The first kappa shape index (κ1) is 9.87. The van der Waals surface area contributed by atoms with Crippen LogP contribution in [0.25, 0.3) is 0 Å². The summed E-state index contributed by atoms with van der Waals surface area (Å²) in [7, 11) is 0. The molecule has 0 spiro atoms. The van der Waals surface area contributed by atoms with Gasteiger partial charge in [0.2, 0.25) is 0 Å². The highest BCUT2D eigenvalue weighted by molar-refractivity contribution is 9.10. The van der Waals surface area contributed by atoms with Gasteiger partial charge in [0.05, 0.1) is 6.54 Å². The van der Waals surface area contributed by atoms with Crippen molar-refractivity contribution >= 4 is 21.7 Å². The molecule has 1 aliphatic heterocycles. The summed E-state index contributed by atoms with van der Waals surface area (Å²) in [5.74, 6) is 0.567. The molecule has 3 heteroatoms. The van der Waals surface area contributed by atoms with Gasteiger partial charge in [0.15, 0.2) is 5.78 Å². The van der Waals surface area contributed by atoms with E-state index < -0.39 is 0 Å². The lowest BCUT2D eigenvalue weighted by molar-refractivity contribution is 0.0994. The average Bonchev–Trinajstić information content (AvgIpc) is 2.29. The molecular formula is C11H12BrNO. The zero-order valence-electron chi connectivity index (χ0n) is 8.01. The molecule has 1 N–H and O–H groups in total. The highest BCUT2D eigenvalue weighted by Crippen LogP contribution is 2.29. The fraction of sp³-hybridized carbons (Fsp3) is 0.364. The molecule has 14 heavy (non-hydrogen) atoms. The van der Waals surface area contributed by atoms with Crippen LogP contribution in [0.2, 0.25) is 0 Å². The number of hydrogen-bond acceptors (Lipinski definition) is 2. The van der Waals surface area contributed by atoms with E-state index in [4.69, 9.17) is 0 Å². The Hall–Kier alpha value is -0.670. The number of nitrogens with one attached hydrogen (secondary N) is 1. The van der Waals surface area contributed by atoms with Gasteiger partial charge in [0.1, 0.15) is 0 Å². The summed E-state index contributed by atoms with van der Waals surface area (Å²) in [5.41, 5.74) is 2.00. The average molecular weight is 254 g/mol. The van der Waals surface area contributed by atoms with E-state index in [0.29, 0.717) is 12.5 Å². The van der Waals surface area contributed by atoms with Crippen molar-refractivity contribution in [3.63, 3.8) is 0 Å². The fourth-order valence-electron chi connectivity index (χ4n) is 1.88. The summed E-state index contributed by atoms with van der Waals surface area (Å²) in [6.07, 6.45) is 0. The molecule has 1 aromatic rings. The van der Waals surface area contributed by atoms with Gasteiger partial charge in [0, 0.05) is 16.6 Å². The van der Waals surface area contributed by atoms with Crippen LogP contribution >= 0.6 is 15.9 Å². The summed E-state index contributed by atoms with van der Waals surface area (Å²) in [4.78, 5) is 11.7. The van der Waals surface area contributed by atoms with Gasteiger partial charge in [0.25, 0.3) is 0 Å². The van der Waals surface area contributed by atoms with Gasteiger partial charge in [-0.25, -0.2) is 0 Å². The van der Waals surface area contributed by atoms with Gasteiger partial charge >= 0.3 is 0 Å². The van der Waals surface area contributed by atoms with Crippen LogP contribution in [0.3, 0.4) is 0 Å². The smallest absolute Gasteiger partial charge is 0.176 e. The maximum absolute atomic E-state index is 11.7. The number of ketones is 1. The molecule has 0 aliphatic carbocycles. The predicted octanol–water partition coefficient (Wildman–Crippen LogP) is 2.34. The van der Waals surface area contributed by atoms with Crippen molar-refractivity contribution in [1.82, 2.24) is 5.32 Å². The minimum Gasteiger partial charge on any atom is -0.309 e. The Bertz CT molecular complexity index is 376. The van der Waals surface area contributed by atoms with E-state index in [1.807, 2.05) is 18.2 Å². The fourth-order valence-corrected chi connectivity index (χ4v) is 2.64. The van der Waals surface area contributed by atoms with Gasteiger partial charge in [-0.2, -0.15) is 0 Å². The van der Waals surface area contributed by atoms with Crippen molar-refractivity contribution in [2.45, 2.75) is 12.8 Å². The number of benzene rings is 1. The van der Waals surface area contributed by atoms with Crippen LogP contribution in [0.5, 0.6) is 0 Å². The second-order valence-corrected chi connectivity index (χ2v) is 4.51. The number of hydrogen-bond donors (Lipinski definition) is 1. The Morgan fingerprint density at radius 3 is 3.07 bits per heavy atom. The summed E-state index contributed by atoms with van der Waals surface area (Å²) in [6, 6.07) is 5.82. The number of fused-ring (bicyclic) bond motifs is 1. The SMILES string of the molecule is CC1CNCC(=O)c2cccc(Br)c21. The quantitative estimate of drug-likeness (QED) is 0.769. The van der Waals surface area contributed by atoms with Gasteiger partial charge in [-0.1, -0.05) is 35.0 Å². The molecule has 1 unspecified atom stereocenters. The molecule has 74 valence electrons. The lowest BCUT2D eigenvalue weighted by Gasteiger charge is -2.13. The second-order valence-electron chi connectivity index (χ2n) is 3.66. The van der Waals surface area contributed by atoms with Crippen LogP contribution in [-0.4, -0.2) is 18.9 Å². The van der Waals surface area contributed by atoms with Crippen molar-refractivity contribution in [2.24, 2.45) is 0 Å². The van der Waals surface area contributed by atoms with E-state index in [2.05, 4.69) is 28.2 Å². The first-order chi connectivity index (χ1) is 6.70. The third kappa shape index (κ3) is 1.62. The third-order valence-electron chi connectivity index (χ3n) is 2.58. The van der Waals surface area contributed by atoms with E-state index in [-0.39, 0.29) is 5.78 Å². The number of halogens is 1. The molecule has 1 heterocycles. The molecule has 1 aromatic carbocycles. The van der Waals surface area contributed by atoms with Crippen LogP contribution in [0, 0.1) is 0 Å². The van der Waals surface area contributed by atoms with E-state index in [0.717, 1.165) is 22.1 Å². The van der Waals surface area contributed by atoms with Crippen molar-refractivity contribution < 1.29 is 4.79 Å². The van der Waals surface area contributed by atoms with E-state index >= 15 is 0 Å². The molecule has 0 aromatic heterocycles. The van der Waals surface area contributed by atoms with Gasteiger partial charge in [-0.05, 0) is 17.5 Å². The van der Waals surface area contributed by atoms with Crippen molar-refractivity contribution in [2.75, 3.05) is 13.1 Å². The Morgan fingerprint density at radius 1 is 1.50 bits per heavy atom. The lowest BCUT2D eigenvalue weighted by Crippen LogP contribution is -2.22. The van der Waals surface area contributed by atoms with E-state index in [9.17, 15) is 4.79 Å². The first-order valence-corrected chi connectivity index (χ1v) is 5.52. The lowest BCUT2D eigenvalue weighted by atomic mass is 9.95. The summed E-state index contributed by atoms with van der Waals surface area (Å²) < 4.78 is 1.04. The Morgan fingerprint density at radius 2 is 2.29 bits per heavy atom. The van der Waals surface area contributed by atoms with Crippen molar-refractivity contribution in [3.8, 4) is 0 Å². The number of carbonyl (C=O) groups is 1. The molecular weight excluding hydrogens is 242 g/mol. The van der Waals surface area contributed by atoms with E-state index in [1.54, 1.807) is 0 Å². The van der Waals surface area contributed by atoms with Crippen LogP contribution in [0.4, 0.5) is 0 Å². The Labute approximate surface area is 91.8 Å². The number of Topliss-reactive ketones (excluding diaryl/α,β-unsaturated/α-hetero) is 1. The monoisotopic (exact) mass is 253 g/mol. The maximum atomic E-state index is 11.7. The number of rotatable bonds is 0. The molecule has 1 atom stereocenters. The zero-order valence-corrected chi connectivity index (χ0v) is 9.60.